The van der Waals surface area contributed by atoms with Gasteiger partial charge in [0.2, 0.25) is 5.88 Å². The van der Waals surface area contributed by atoms with Crippen LogP contribution in [0.3, 0.4) is 0 Å². The summed E-state index contributed by atoms with van der Waals surface area (Å²) in [6.45, 7) is 1.02. The van der Waals surface area contributed by atoms with Crippen LogP contribution < -0.4 is 16.2 Å². The first-order valence-corrected chi connectivity index (χ1v) is 4.83. The fourth-order valence-electron chi connectivity index (χ4n) is 1.08. The molecule has 0 bridgehead atoms. The van der Waals surface area contributed by atoms with Crippen LogP contribution in [0.2, 0.25) is 0 Å². The summed E-state index contributed by atoms with van der Waals surface area (Å²) in [6, 6.07) is 3.00. The van der Waals surface area contributed by atoms with E-state index in [4.69, 9.17) is 20.9 Å². The lowest BCUT2D eigenvalue weighted by molar-refractivity contribution is 0.0994. The van der Waals surface area contributed by atoms with E-state index in [1.54, 1.807) is 13.2 Å². The molecular formula is C10H15N3O3. The van der Waals surface area contributed by atoms with Crippen LogP contribution in [0, 0.1) is 0 Å². The summed E-state index contributed by atoms with van der Waals surface area (Å²) in [5, 5.41) is 0. The van der Waals surface area contributed by atoms with Gasteiger partial charge in [-0.15, -0.1) is 0 Å². The highest BCUT2D eigenvalue weighted by atomic mass is 16.5. The summed E-state index contributed by atoms with van der Waals surface area (Å²) in [7, 11) is 1.61. The number of carbonyl (C=O) groups excluding carboxylic acids is 1. The normalized spacial score (nSPS) is 10.1. The van der Waals surface area contributed by atoms with Gasteiger partial charge in [-0.25, -0.2) is 4.98 Å². The van der Waals surface area contributed by atoms with Gasteiger partial charge in [0.25, 0.3) is 5.91 Å². The Hall–Kier alpha value is -1.82. The monoisotopic (exact) mass is 225 g/mol. The molecule has 6 heteroatoms. The average molecular weight is 225 g/mol. The van der Waals surface area contributed by atoms with Crippen LogP contribution >= 0.6 is 0 Å². The quantitative estimate of drug-likeness (QED) is 0.672. The van der Waals surface area contributed by atoms with Crippen LogP contribution in [0.25, 0.3) is 0 Å². The third-order valence-electron chi connectivity index (χ3n) is 1.87. The summed E-state index contributed by atoms with van der Waals surface area (Å²) >= 11 is 0. The van der Waals surface area contributed by atoms with E-state index >= 15 is 0 Å². The van der Waals surface area contributed by atoms with Gasteiger partial charge in [-0.2, -0.15) is 0 Å². The zero-order valence-corrected chi connectivity index (χ0v) is 9.10. The second-order valence-electron chi connectivity index (χ2n) is 3.15. The molecule has 88 valence electrons. The topological polar surface area (TPSA) is 100 Å². The maximum atomic E-state index is 10.9. The Bertz CT molecular complexity index is 368. The van der Waals surface area contributed by atoms with E-state index in [9.17, 15) is 4.79 Å². The standard InChI is InChI=1S/C10H15N3O3/c1-15-5-2-6-16-10-7(11)3-4-8(13-10)9(12)14/h3-4H,2,5-6,11H2,1H3,(H2,12,14). The second-order valence-corrected chi connectivity index (χ2v) is 3.15. The van der Waals surface area contributed by atoms with Crippen LogP contribution in [0.4, 0.5) is 5.69 Å². The number of carbonyl (C=O) groups is 1. The number of hydrogen-bond donors (Lipinski definition) is 2. The van der Waals surface area contributed by atoms with Crippen molar-refractivity contribution in [3.63, 3.8) is 0 Å². The molecule has 0 saturated carbocycles. The predicted octanol–water partition coefficient (Wildman–Crippen LogP) is 0.178. The van der Waals surface area contributed by atoms with E-state index in [-0.39, 0.29) is 11.6 Å². The molecule has 1 rings (SSSR count). The predicted molar refractivity (Wildman–Crippen MR) is 59.2 cm³/mol. The molecule has 0 aliphatic rings. The van der Waals surface area contributed by atoms with Crippen molar-refractivity contribution in [3.8, 4) is 5.88 Å². The molecule has 1 amide bonds. The number of nitrogens with two attached hydrogens (primary N) is 2. The molecule has 0 radical (unpaired) electrons. The second kappa shape index (κ2) is 5.92. The van der Waals surface area contributed by atoms with E-state index in [2.05, 4.69) is 4.98 Å². The van der Waals surface area contributed by atoms with Crippen molar-refractivity contribution in [2.45, 2.75) is 6.42 Å². The van der Waals surface area contributed by atoms with E-state index in [0.29, 0.717) is 18.9 Å². The molecule has 0 unspecified atom stereocenters. The zero-order valence-electron chi connectivity index (χ0n) is 9.10. The maximum absolute atomic E-state index is 10.9. The minimum absolute atomic E-state index is 0.135. The molecule has 1 heterocycles. The molecular weight excluding hydrogens is 210 g/mol. The molecule has 0 aliphatic heterocycles. The zero-order chi connectivity index (χ0) is 12.0. The summed E-state index contributed by atoms with van der Waals surface area (Å²) in [6.07, 6.45) is 0.721. The number of pyridine rings is 1. The third kappa shape index (κ3) is 3.39. The number of primary amides is 1. The van der Waals surface area contributed by atoms with Crippen LogP contribution in [-0.4, -0.2) is 31.2 Å². The number of hydrogen-bond acceptors (Lipinski definition) is 5. The van der Waals surface area contributed by atoms with Gasteiger partial charge < -0.3 is 20.9 Å². The first-order chi connectivity index (χ1) is 7.65. The Balaban J connectivity index is 2.63. The Morgan fingerprint density at radius 1 is 1.44 bits per heavy atom. The molecule has 0 atom stereocenters. The van der Waals surface area contributed by atoms with Crippen molar-refractivity contribution in [3.05, 3.63) is 17.8 Å². The van der Waals surface area contributed by atoms with Gasteiger partial charge in [0, 0.05) is 20.1 Å². The molecule has 6 nitrogen and oxygen atoms in total. The molecule has 1 aromatic heterocycles. The lowest BCUT2D eigenvalue weighted by Gasteiger charge is -2.08. The third-order valence-corrected chi connectivity index (χ3v) is 1.87. The molecule has 0 saturated heterocycles. The smallest absolute Gasteiger partial charge is 0.267 e. The van der Waals surface area contributed by atoms with E-state index in [1.807, 2.05) is 0 Å². The van der Waals surface area contributed by atoms with E-state index in [1.165, 1.54) is 6.07 Å². The highest BCUT2D eigenvalue weighted by molar-refractivity contribution is 5.91. The molecule has 16 heavy (non-hydrogen) atoms. The minimum atomic E-state index is -0.609. The van der Waals surface area contributed by atoms with Gasteiger partial charge in [0.05, 0.1) is 12.3 Å². The summed E-state index contributed by atoms with van der Waals surface area (Å²) in [5.41, 5.74) is 11.2. The number of rotatable bonds is 6. The highest BCUT2D eigenvalue weighted by Crippen LogP contribution is 2.18. The van der Waals surface area contributed by atoms with Crippen LogP contribution in [0.5, 0.6) is 5.88 Å². The molecule has 0 spiro atoms. The van der Waals surface area contributed by atoms with Crippen molar-refractivity contribution in [2.75, 3.05) is 26.1 Å². The van der Waals surface area contributed by atoms with Crippen LogP contribution in [0.1, 0.15) is 16.9 Å². The van der Waals surface area contributed by atoms with Crippen molar-refractivity contribution < 1.29 is 14.3 Å². The van der Waals surface area contributed by atoms with Gasteiger partial charge in [0.15, 0.2) is 0 Å². The number of methoxy groups -OCH3 is 1. The number of amides is 1. The number of ether oxygens (including phenoxy) is 2. The lowest BCUT2D eigenvalue weighted by Crippen LogP contribution is -2.14. The van der Waals surface area contributed by atoms with Crippen LogP contribution in [0.15, 0.2) is 12.1 Å². The maximum Gasteiger partial charge on any atom is 0.267 e. The molecule has 4 N–H and O–H groups in total. The van der Waals surface area contributed by atoms with Gasteiger partial charge in [-0.3, -0.25) is 4.79 Å². The Morgan fingerprint density at radius 2 is 2.19 bits per heavy atom. The van der Waals surface area contributed by atoms with E-state index in [0.717, 1.165) is 6.42 Å². The Labute approximate surface area is 93.5 Å². The number of anilines is 1. The fraction of sp³-hybridized carbons (Fsp3) is 0.400. The minimum Gasteiger partial charge on any atom is -0.476 e. The van der Waals surface area contributed by atoms with Gasteiger partial charge >= 0.3 is 0 Å². The first kappa shape index (κ1) is 12.3. The Morgan fingerprint density at radius 3 is 2.81 bits per heavy atom. The van der Waals surface area contributed by atoms with Gasteiger partial charge in [-0.1, -0.05) is 0 Å². The van der Waals surface area contributed by atoms with Crippen LogP contribution in [-0.2, 0) is 4.74 Å². The van der Waals surface area contributed by atoms with Gasteiger partial charge in [0.1, 0.15) is 5.69 Å². The first-order valence-electron chi connectivity index (χ1n) is 4.83. The van der Waals surface area contributed by atoms with Crippen molar-refractivity contribution in [1.82, 2.24) is 4.98 Å². The fourth-order valence-corrected chi connectivity index (χ4v) is 1.08. The molecule has 0 aromatic carbocycles. The molecule has 1 aromatic rings. The van der Waals surface area contributed by atoms with Crippen molar-refractivity contribution in [2.24, 2.45) is 5.73 Å². The van der Waals surface area contributed by atoms with Crippen molar-refractivity contribution in [1.29, 1.82) is 0 Å². The summed E-state index contributed by atoms with van der Waals surface area (Å²) in [5.74, 6) is -0.380. The summed E-state index contributed by atoms with van der Waals surface area (Å²) < 4.78 is 10.2. The summed E-state index contributed by atoms with van der Waals surface area (Å²) in [4.78, 5) is 14.8. The number of nitrogen functional groups attached to an aromatic ring is 1. The number of aromatic nitrogens is 1. The molecule has 0 aliphatic carbocycles. The van der Waals surface area contributed by atoms with E-state index < -0.39 is 5.91 Å². The molecule has 0 fully saturated rings. The Kier molecular flexibility index (Phi) is 4.53. The lowest BCUT2D eigenvalue weighted by atomic mass is 10.3. The average Bonchev–Trinajstić information content (AvgIpc) is 2.26. The number of nitrogens with zero attached hydrogens (tertiary/aromatic N) is 1. The SMILES string of the molecule is COCCCOc1nc(C(N)=O)ccc1N. The van der Waals surface area contributed by atoms with Crippen molar-refractivity contribution >= 4 is 11.6 Å². The largest absolute Gasteiger partial charge is 0.476 e. The van der Waals surface area contributed by atoms with Gasteiger partial charge in [-0.05, 0) is 12.1 Å². The highest BCUT2D eigenvalue weighted by Gasteiger charge is 2.07.